The van der Waals surface area contributed by atoms with Gasteiger partial charge in [-0.2, -0.15) is 0 Å². The molecule has 102 valence electrons. The molecule has 0 spiro atoms. The summed E-state index contributed by atoms with van der Waals surface area (Å²) in [5.74, 6) is 0.563. The Morgan fingerprint density at radius 3 is 2.44 bits per heavy atom. The standard InChI is InChI=1S/C15H23ClFN/c1-5-11(4)14(9-18-10(2)3)13-7-6-12(17)8-15(13)16/h6-8,10-11,14,18H,5,9H2,1-4H3. The average molecular weight is 272 g/mol. The van der Waals surface area contributed by atoms with Crippen LogP contribution in [0.3, 0.4) is 0 Å². The van der Waals surface area contributed by atoms with Crippen LogP contribution in [0.15, 0.2) is 18.2 Å². The van der Waals surface area contributed by atoms with E-state index in [-0.39, 0.29) is 5.82 Å². The lowest BCUT2D eigenvalue weighted by Gasteiger charge is -2.26. The summed E-state index contributed by atoms with van der Waals surface area (Å²) in [4.78, 5) is 0. The highest BCUT2D eigenvalue weighted by Crippen LogP contribution is 2.32. The molecule has 0 aliphatic heterocycles. The van der Waals surface area contributed by atoms with Crippen molar-refractivity contribution in [2.24, 2.45) is 5.92 Å². The fraction of sp³-hybridized carbons (Fsp3) is 0.600. The van der Waals surface area contributed by atoms with E-state index in [9.17, 15) is 4.39 Å². The molecule has 1 aromatic carbocycles. The van der Waals surface area contributed by atoms with Crippen molar-refractivity contribution in [1.82, 2.24) is 5.32 Å². The van der Waals surface area contributed by atoms with Gasteiger partial charge < -0.3 is 5.32 Å². The Morgan fingerprint density at radius 1 is 1.28 bits per heavy atom. The van der Waals surface area contributed by atoms with E-state index in [1.807, 2.05) is 6.07 Å². The largest absolute Gasteiger partial charge is 0.314 e. The number of nitrogens with one attached hydrogen (secondary N) is 1. The van der Waals surface area contributed by atoms with E-state index in [4.69, 9.17) is 11.6 Å². The number of rotatable bonds is 6. The van der Waals surface area contributed by atoms with Crippen LogP contribution in [0.25, 0.3) is 0 Å². The molecule has 0 aromatic heterocycles. The van der Waals surface area contributed by atoms with Gasteiger partial charge in [0.05, 0.1) is 0 Å². The van der Waals surface area contributed by atoms with E-state index in [0.29, 0.717) is 22.9 Å². The highest BCUT2D eigenvalue weighted by molar-refractivity contribution is 6.31. The van der Waals surface area contributed by atoms with Crippen LogP contribution in [0.2, 0.25) is 5.02 Å². The molecule has 0 radical (unpaired) electrons. The first-order valence-electron chi connectivity index (χ1n) is 6.64. The minimum absolute atomic E-state index is 0.275. The molecule has 1 nitrogen and oxygen atoms in total. The molecule has 0 aliphatic carbocycles. The highest BCUT2D eigenvalue weighted by atomic mass is 35.5. The summed E-state index contributed by atoms with van der Waals surface area (Å²) in [6, 6.07) is 5.15. The zero-order chi connectivity index (χ0) is 13.7. The van der Waals surface area contributed by atoms with E-state index < -0.39 is 0 Å². The number of benzene rings is 1. The van der Waals surface area contributed by atoms with Gasteiger partial charge in [0.1, 0.15) is 5.82 Å². The Labute approximate surface area is 115 Å². The second-order valence-electron chi connectivity index (χ2n) is 5.22. The minimum atomic E-state index is -0.275. The van der Waals surface area contributed by atoms with Crippen molar-refractivity contribution >= 4 is 11.6 Å². The molecule has 0 saturated carbocycles. The molecule has 18 heavy (non-hydrogen) atoms. The predicted octanol–water partition coefficient (Wildman–Crippen LogP) is 4.61. The van der Waals surface area contributed by atoms with E-state index in [2.05, 4.69) is 33.0 Å². The van der Waals surface area contributed by atoms with Crippen LogP contribution in [0.5, 0.6) is 0 Å². The van der Waals surface area contributed by atoms with Gasteiger partial charge in [-0.15, -0.1) is 0 Å². The molecule has 1 rings (SSSR count). The fourth-order valence-electron chi connectivity index (χ4n) is 2.07. The maximum atomic E-state index is 13.1. The van der Waals surface area contributed by atoms with Crippen LogP contribution in [0, 0.1) is 11.7 Å². The topological polar surface area (TPSA) is 12.0 Å². The van der Waals surface area contributed by atoms with Gasteiger partial charge in [0.15, 0.2) is 0 Å². The molecule has 0 amide bonds. The first-order chi connectivity index (χ1) is 8.45. The van der Waals surface area contributed by atoms with Gasteiger partial charge in [0.2, 0.25) is 0 Å². The zero-order valence-electron chi connectivity index (χ0n) is 11.6. The molecule has 0 heterocycles. The molecular formula is C15H23ClFN. The van der Waals surface area contributed by atoms with E-state index in [0.717, 1.165) is 18.5 Å². The molecule has 0 bridgehead atoms. The summed E-state index contributed by atoms with van der Waals surface area (Å²) in [5.41, 5.74) is 1.04. The summed E-state index contributed by atoms with van der Waals surface area (Å²) >= 11 is 6.17. The molecule has 2 unspecified atom stereocenters. The molecule has 1 N–H and O–H groups in total. The molecule has 0 fully saturated rings. The minimum Gasteiger partial charge on any atom is -0.314 e. The maximum absolute atomic E-state index is 13.1. The Bertz CT molecular complexity index is 379. The van der Waals surface area contributed by atoms with Crippen molar-refractivity contribution in [3.63, 3.8) is 0 Å². The van der Waals surface area contributed by atoms with Crippen molar-refractivity contribution in [2.45, 2.75) is 46.1 Å². The molecule has 0 saturated heterocycles. The molecule has 3 heteroatoms. The third-order valence-electron chi connectivity index (χ3n) is 3.44. The van der Waals surface area contributed by atoms with Crippen molar-refractivity contribution in [3.05, 3.63) is 34.6 Å². The lowest BCUT2D eigenvalue weighted by atomic mass is 9.85. The SMILES string of the molecule is CCC(C)C(CNC(C)C)c1ccc(F)cc1Cl. The van der Waals surface area contributed by atoms with Crippen LogP contribution in [0.1, 0.15) is 45.6 Å². The summed E-state index contributed by atoms with van der Waals surface area (Å²) in [6.07, 6.45) is 1.08. The van der Waals surface area contributed by atoms with Gasteiger partial charge in [0.25, 0.3) is 0 Å². The molecule has 1 aromatic rings. The number of halogens is 2. The molecule has 0 aliphatic rings. The Kier molecular flexibility index (Phi) is 6.10. The number of hydrogen-bond acceptors (Lipinski definition) is 1. The van der Waals surface area contributed by atoms with Gasteiger partial charge in [-0.3, -0.25) is 0 Å². The maximum Gasteiger partial charge on any atom is 0.124 e. The normalized spacial score (nSPS) is 14.8. The van der Waals surface area contributed by atoms with Crippen molar-refractivity contribution in [2.75, 3.05) is 6.54 Å². The van der Waals surface area contributed by atoms with Crippen LogP contribution >= 0.6 is 11.6 Å². The lowest BCUT2D eigenvalue weighted by molar-refractivity contribution is 0.406. The average Bonchev–Trinajstić information content (AvgIpc) is 2.30. The van der Waals surface area contributed by atoms with Crippen molar-refractivity contribution in [1.29, 1.82) is 0 Å². The first-order valence-corrected chi connectivity index (χ1v) is 7.01. The van der Waals surface area contributed by atoms with Crippen LogP contribution in [-0.4, -0.2) is 12.6 Å². The highest BCUT2D eigenvalue weighted by Gasteiger charge is 2.20. The van der Waals surface area contributed by atoms with Crippen LogP contribution in [-0.2, 0) is 0 Å². The van der Waals surface area contributed by atoms with Gasteiger partial charge in [-0.05, 0) is 23.6 Å². The second-order valence-corrected chi connectivity index (χ2v) is 5.63. The lowest BCUT2D eigenvalue weighted by Crippen LogP contribution is -2.30. The van der Waals surface area contributed by atoms with Gasteiger partial charge in [0, 0.05) is 23.5 Å². The van der Waals surface area contributed by atoms with Crippen molar-refractivity contribution < 1.29 is 4.39 Å². The summed E-state index contributed by atoms with van der Waals surface area (Å²) in [7, 11) is 0. The molecular weight excluding hydrogens is 249 g/mol. The Balaban J connectivity index is 2.94. The van der Waals surface area contributed by atoms with E-state index in [1.54, 1.807) is 0 Å². The monoisotopic (exact) mass is 271 g/mol. The summed E-state index contributed by atoms with van der Waals surface area (Å²) in [5, 5.41) is 3.98. The first kappa shape index (κ1) is 15.5. The Morgan fingerprint density at radius 2 is 1.94 bits per heavy atom. The predicted molar refractivity (Wildman–Crippen MR) is 76.7 cm³/mol. The third kappa shape index (κ3) is 4.25. The smallest absolute Gasteiger partial charge is 0.124 e. The Hall–Kier alpha value is -0.600. The van der Waals surface area contributed by atoms with Gasteiger partial charge in [-0.1, -0.05) is 51.8 Å². The van der Waals surface area contributed by atoms with Crippen LogP contribution in [0.4, 0.5) is 4.39 Å². The summed E-state index contributed by atoms with van der Waals surface area (Å²) < 4.78 is 13.1. The second kappa shape index (κ2) is 7.10. The quantitative estimate of drug-likeness (QED) is 0.797. The zero-order valence-corrected chi connectivity index (χ0v) is 12.4. The number of hydrogen-bond donors (Lipinski definition) is 1. The van der Waals surface area contributed by atoms with E-state index >= 15 is 0 Å². The fourth-order valence-corrected chi connectivity index (χ4v) is 2.37. The van der Waals surface area contributed by atoms with E-state index in [1.165, 1.54) is 12.1 Å². The summed E-state index contributed by atoms with van der Waals surface area (Å²) in [6.45, 7) is 9.51. The molecule has 2 atom stereocenters. The van der Waals surface area contributed by atoms with Gasteiger partial charge >= 0.3 is 0 Å². The van der Waals surface area contributed by atoms with Crippen LogP contribution < -0.4 is 5.32 Å². The van der Waals surface area contributed by atoms with Gasteiger partial charge in [-0.25, -0.2) is 4.39 Å². The van der Waals surface area contributed by atoms with Crippen molar-refractivity contribution in [3.8, 4) is 0 Å². The third-order valence-corrected chi connectivity index (χ3v) is 3.77.